The number of hydrogen-bond donors (Lipinski definition) is 1. The van der Waals surface area contributed by atoms with E-state index in [0.29, 0.717) is 5.69 Å². The molecule has 9 heteroatoms. The van der Waals surface area contributed by atoms with Crippen molar-refractivity contribution in [1.29, 1.82) is 0 Å². The maximum absolute atomic E-state index is 12.5. The number of ether oxygens (including phenoxy) is 1. The van der Waals surface area contributed by atoms with Crippen molar-refractivity contribution in [3.8, 4) is 0 Å². The smallest absolute Gasteiger partial charge is 0.341 e. The molecule has 6 nitrogen and oxygen atoms in total. The number of anilines is 1. The highest BCUT2D eigenvalue weighted by Crippen LogP contribution is 2.25. The molecule has 0 fully saturated rings. The maximum Gasteiger partial charge on any atom is 0.341 e. The maximum atomic E-state index is 12.5. The molecule has 1 aliphatic rings. The molecule has 2 aromatic rings. The molecule has 0 atom stereocenters. The summed E-state index contributed by atoms with van der Waals surface area (Å²) in [5.74, 6) is -4.94. The first-order chi connectivity index (χ1) is 13.3. The van der Waals surface area contributed by atoms with Crippen molar-refractivity contribution in [2.45, 2.75) is 29.9 Å². The number of carbonyl (C=O) groups is 2. The Morgan fingerprint density at radius 2 is 1.71 bits per heavy atom. The molecule has 0 radical (unpaired) electrons. The van der Waals surface area contributed by atoms with Gasteiger partial charge in [0, 0.05) is 5.69 Å². The summed E-state index contributed by atoms with van der Waals surface area (Å²) in [5.41, 5.74) is 3.01. The zero-order chi connectivity index (χ0) is 20.3. The summed E-state index contributed by atoms with van der Waals surface area (Å²) in [7, 11) is -4.73. The largest absolute Gasteiger partial charge is 0.452 e. The number of carbonyl (C=O) groups excluding carboxylic acids is 2. The molecule has 0 unspecified atom stereocenters. The number of benzene rings is 2. The summed E-state index contributed by atoms with van der Waals surface area (Å²) in [5, 5.41) is 2.64. The topological polar surface area (TPSA) is 89.5 Å². The Bertz CT molecular complexity index is 1000. The molecule has 0 spiro atoms. The van der Waals surface area contributed by atoms with E-state index in [9.17, 15) is 26.8 Å². The number of rotatable bonds is 6. The highest BCUT2D eigenvalue weighted by molar-refractivity contribution is 7.91. The lowest BCUT2D eigenvalue weighted by Crippen LogP contribution is -2.21. The van der Waals surface area contributed by atoms with Crippen molar-refractivity contribution in [3.63, 3.8) is 0 Å². The summed E-state index contributed by atoms with van der Waals surface area (Å²) in [4.78, 5) is 23.3. The van der Waals surface area contributed by atoms with Gasteiger partial charge in [0.1, 0.15) is 0 Å². The second-order valence-corrected chi connectivity index (χ2v) is 8.21. The van der Waals surface area contributed by atoms with Gasteiger partial charge < -0.3 is 10.1 Å². The Morgan fingerprint density at radius 1 is 1.04 bits per heavy atom. The number of aryl methyl sites for hydroxylation is 2. The summed E-state index contributed by atoms with van der Waals surface area (Å²) in [6, 6.07) is 9.52. The molecular formula is C19H17F2NO5S. The van der Waals surface area contributed by atoms with Gasteiger partial charge in [-0.15, -0.1) is 0 Å². The van der Waals surface area contributed by atoms with Gasteiger partial charge in [-0.05, 0) is 66.8 Å². The van der Waals surface area contributed by atoms with Crippen LogP contribution in [0.1, 0.15) is 27.9 Å². The van der Waals surface area contributed by atoms with E-state index in [-0.39, 0.29) is 5.56 Å². The van der Waals surface area contributed by atoms with E-state index in [1.54, 1.807) is 6.07 Å². The van der Waals surface area contributed by atoms with Gasteiger partial charge in [-0.2, -0.15) is 8.78 Å². The van der Waals surface area contributed by atoms with Crippen LogP contribution in [0.3, 0.4) is 0 Å². The van der Waals surface area contributed by atoms with E-state index in [0.717, 1.165) is 43.5 Å². The monoisotopic (exact) mass is 409 g/mol. The van der Waals surface area contributed by atoms with Crippen LogP contribution in [0.2, 0.25) is 0 Å². The van der Waals surface area contributed by atoms with Gasteiger partial charge in [-0.3, -0.25) is 4.79 Å². The highest BCUT2D eigenvalue weighted by atomic mass is 32.2. The fraction of sp³-hybridized carbons (Fsp3) is 0.263. The average Bonchev–Trinajstić information content (AvgIpc) is 3.14. The first-order valence-electron chi connectivity index (χ1n) is 8.48. The van der Waals surface area contributed by atoms with Crippen LogP contribution in [0, 0.1) is 0 Å². The summed E-state index contributed by atoms with van der Waals surface area (Å²) < 4.78 is 52.6. The van der Waals surface area contributed by atoms with E-state index >= 15 is 0 Å². The molecule has 148 valence electrons. The second kappa shape index (κ2) is 8.05. The third kappa shape index (κ3) is 4.36. The lowest BCUT2D eigenvalue weighted by Gasteiger charge is -2.09. The van der Waals surface area contributed by atoms with E-state index in [1.807, 2.05) is 12.1 Å². The minimum absolute atomic E-state index is 0.0569. The van der Waals surface area contributed by atoms with E-state index in [1.165, 1.54) is 11.1 Å². The zero-order valence-corrected chi connectivity index (χ0v) is 15.5. The first kappa shape index (κ1) is 19.9. The van der Waals surface area contributed by atoms with E-state index in [4.69, 9.17) is 4.74 Å². The van der Waals surface area contributed by atoms with Gasteiger partial charge in [-0.25, -0.2) is 13.2 Å². The molecule has 0 aromatic heterocycles. The van der Waals surface area contributed by atoms with Crippen LogP contribution in [-0.2, 0) is 32.2 Å². The van der Waals surface area contributed by atoms with Crippen LogP contribution in [0.25, 0.3) is 0 Å². The fourth-order valence-electron chi connectivity index (χ4n) is 2.94. The minimum Gasteiger partial charge on any atom is -0.452 e. The quantitative estimate of drug-likeness (QED) is 0.741. The Hall–Kier alpha value is -2.81. The van der Waals surface area contributed by atoms with Gasteiger partial charge in [-0.1, -0.05) is 6.07 Å². The van der Waals surface area contributed by atoms with Gasteiger partial charge in [0.2, 0.25) is 9.84 Å². The fourth-order valence-corrected chi connectivity index (χ4v) is 3.67. The zero-order valence-electron chi connectivity index (χ0n) is 14.7. The molecule has 0 saturated carbocycles. The molecule has 1 aliphatic carbocycles. The predicted octanol–water partition coefficient (Wildman–Crippen LogP) is 2.97. The van der Waals surface area contributed by atoms with Crippen LogP contribution in [0.5, 0.6) is 0 Å². The van der Waals surface area contributed by atoms with Crippen molar-refractivity contribution in [2.75, 3.05) is 11.9 Å². The number of fused-ring (bicyclic) bond motifs is 1. The van der Waals surface area contributed by atoms with Crippen molar-refractivity contribution in [3.05, 3.63) is 59.2 Å². The van der Waals surface area contributed by atoms with Crippen molar-refractivity contribution in [2.24, 2.45) is 0 Å². The Morgan fingerprint density at radius 3 is 2.39 bits per heavy atom. The molecule has 1 N–H and O–H groups in total. The van der Waals surface area contributed by atoms with Crippen molar-refractivity contribution < 1.29 is 31.5 Å². The third-order valence-electron chi connectivity index (χ3n) is 4.37. The molecule has 0 bridgehead atoms. The van der Waals surface area contributed by atoms with E-state index < -0.39 is 39.0 Å². The summed E-state index contributed by atoms with van der Waals surface area (Å²) >= 11 is 0. The highest BCUT2D eigenvalue weighted by Gasteiger charge is 2.26. The van der Waals surface area contributed by atoms with Crippen LogP contribution in [-0.4, -0.2) is 32.7 Å². The van der Waals surface area contributed by atoms with Crippen molar-refractivity contribution in [1.82, 2.24) is 0 Å². The lowest BCUT2D eigenvalue weighted by molar-refractivity contribution is -0.119. The summed E-state index contributed by atoms with van der Waals surface area (Å²) in [6.45, 7) is -0.535. The van der Waals surface area contributed by atoms with Gasteiger partial charge in [0.15, 0.2) is 6.61 Å². The van der Waals surface area contributed by atoms with Gasteiger partial charge in [0.25, 0.3) is 5.91 Å². The molecule has 3 rings (SSSR count). The number of halogens is 2. The lowest BCUT2D eigenvalue weighted by atomic mass is 10.1. The third-order valence-corrected chi connectivity index (χ3v) is 5.77. The Labute approximate surface area is 160 Å². The molecule has 2 aromatic carbocycles. The number of sulfone groups is 1. The molecule has 0 heterocycles. The predicted molar refractivity (Wildman–Crippen MR) is 97.0 cm³/mol. The summed E-state index contributed by atoms with van der Waals surface area (Å²) in [6.07, 6.45) is 3.08. The average molecular weight is 409 g/mol. The SMILES string of the molecule is O=C(COC(=O)c1ccc(S(=O)(=O)C(F)F)cc1)Nc1ccc2c(c1)CCC2. The Balaban J connectivity index is 1.55. The van der Waals surface area contributed by atoms with Crippen LogP contribution < -0.4 is 5.32 Å². The Kier molecular flexibility index (Phi) is 5.73. The number of nitrogens with one attached hydrogen (secondary N) is 1. The van der Waals surface area contributed by atoms with Gasteiger partial charge >= 0.3 is 11.7 Å². The number of alkyl halides is 2. The molecule has 28 heavy (non-hydrogen) atoms. The molecule has 1 amide bonds. The van der Waals surface area contributed by atoms with Crippen LogP contribution >= 0.6 is 0 Å². The number of hydrogen-bond acceptors (Lipinski definition) is 5. The molecular weight excluding hydrogens is 392 g/mol. The normalized spacial score (nSPS) is 13.2. The number of amides is 1. The first-order valence-corrected chi connectivity index (χ1v) is 10.0. The van der Waals surface area contributed by atoms with Crippen LogP contribution in [0.15, 0.2) is 47.4 Å². The molecule has 0 saturated heterocycles. The standard InChI is InChI=1S/C19H17F2NO5S/c20-19(21)28(25,26)16-8-5-13(6-9-16)18(24)27-11-17(23)22-15-7-4-12-2-1-3-14(12)10-15/h4-10,19H,1-3,11H2,(H,22,23). The van der Waals surface area contributed by atoms with Gasteiger partial charge in [0.05, 0.1) is 10.5 Å². The molecule has 0 aliphatic heterocycles. The van der Waals surface area contributed by atoms with Crippen molar-refractivity contribution >= 4 is 27.4 Å². The second-order valence-electron chi connectivity index (χ2n) is 6.29. The minimum atomic E-state index is -4.73. The number of esters is 1. The van der Waals surface area contributed by atoms with E-state index in [2.05, 4.69) is 5.32 Å². The van der Waals surface area contributed by atoms with Crippen LogP contribution in [0.4, 0.5) is 14.5 Å².